The van der Waals surface area contributed by atoms with Gasteiger partial charge in [0.15, 0.2) is 0 Å². The van der Waals surface area contributed by atoms with Crippen LogP contribution >= 0.6 is 0 Å². The number of rotatable bonds is 6. The summed E-state index contributed by atoms with van der Waals surface area (Å²) in [5, 5.41) is 2.77. The van der Waals surface area contributed by atoms with Gasteiger partial charge in [-0.15, -0.1) is 0 Å². The number of amides is 2. The highest BCUT2D eigenvalue weighted by atomic mass is 16.5. The summed E-state index contributed by atoms with van der Waals surface area (Å²) in [6.07, 6.45) is 1.69. The van der Waals surface area contributed by atoms with Crippen molar-refractivity contribution in [3.05, 3.63) is 0 Å². The van der Waals surface area contributed by atoms with Gasteiger partial charge < -0.3 is 20.7 Å². The molecule has 18 heavy (non-hydrogen) atoms. The van der Waals surface area contributed by atoms with E-state index in [4.69, 9.17) is 10.5 Å². The van der Waals surface area contributed by atoms with Crippen LogP contribution in [0.25, 0.3) is 0 Å². The number of nitrogens with one attached hydrogen (secondary N) is 1. The number of nitrogens with two attached hydrogens (primary N) is 1. The molecule has 0 bridgehead atoms. The zero-order valence-corrected chi connectivity index (χ0v) is 11.0. The molecule has 0 aromatic carbocycles. The van der Waals surface area contributed by atoms with E-state index in [9.17, 15) is 9.59 Å². The van der Waals surface area contributed by atoms with Crippen molar-refractivity contribution in [2.24, 2.45) is 11.7 Å². The molecule has 0 aromatic rings. The van der Waals surface area contributed by atoms with Crippen LogP contribution in [0.4, 0.5) is 0 Å². The lowest BCUT2D eigenvalue weighted by molar-refractivity contribution is -0.139. The average molecular weight is 257 g/mol. The van der Waals surface area contributed by atoms with Gasteiger partial charge in [-0.2, -0.15) is 0 Å². The minimum atomic E-state index is -0.115. The van der Waals surface area contributed by atoms with Crippen molar-refractivity contribution in [3.8, 4) is 0 Å². The van der Waals surface area contributed by atoms with Gasteiger partial charge in [0.05, 0.1) is 5.92 Å². The number of ether oxygens (including phenoxy) is 1. The second kappa shape index (κ2) is 8.05. The van der Waals surface area contributed by atoms with Crippen LogP contribution in [0.1, 0.15) is 19.8 Å². The van der Waals surface area contributed by atoms with Crippen LogP contribution in [0, 0.1) is 5.92 Å². The maximum atomic E-state index is 11.8. The number of carbonyl (C=O) groups is 2. The van der Waals surface area contributed by atoms with E-state index in [1.54, 1.807) is 4.90 Å². The molecule has 1 unspecified atom stereocenters. The van der Waals surface area contributed by atoms with Gasteiger partial charge >= 0.3 is 0 Å². The number of hydrogen-bond acceptors (Lipinski definition) is 4. The Labute approximate surface area is 108 Å². The average Bonchev–Trinajstić information content (AvgIpc) is 2.42. The van der Waals surface area contributed by atoms with Crippen LogP contribution in [0.2, 0.25) is 0 Å². The normalized spacial score (nSPS) is 19.7. The van der Waals surface area contributed by atoms with Crippen molar-refractivity contribution < 1.29 is 14.3 Å². The molecule has 6 nitrogen and oxygen atoms in total. The van der Waals surface area contributed by atoms with E-state index in [1.165, 1.54) is 0 Å². The Morgan fingerprint density at radius 2 is 2.28 bits per heavy atom. The molecule has 2 amide bonds. The van der Waals surface area contributed by atoms with Gasteiger partial charge in [0, 0.05) is 32.8 Å². The standard InChI is InChI=1S/C12H23N3O3/c1-2-18-9-11(16)15-7-3-4-10(8-15)12(17)14-6-5-13/h10H,2-9,13H2,1H3,(H,14,17). The fraction of sp³-hybridized carbons (Fsp3) is 0.833. The molecule has 0 spiro atoms. The van der Waals surface area contributed by atoms with Crippen molar-refractivity contribution in [2.75, 3.05) is 39.4 Å². The van der Waals surface area contributed by atoms with E-state index in [-0.39, 0.29) is 24.3 Å². The molecule has 1 heterocycles. The third-order valence-electron chi connectivity index (χ3n) is 3.02. The van der Waals surface area contributed by atoms with E-state index in [1.807, 2.05) is 6.92 Å². The molecule has 1 fully saturated rings. The molecule has 1 rings (SSSR count). The zero-order valence-electron chi connectivity index (χ0n) is 11.0. The molecular weight excluding hydrogens is 234 g/mol. The summed E-state index contributed by atoms with van der Waals surface area (Å²) in [6.45, 7) is 4.61. The fourth-order valence-electron chi connectivity index (χ4n) is 2.04. The highest BCUT2D eigenvalue weighted by Crippen LogP contribution is 2.16. The Bertz CT molecular complexity index is 258. The Morgan fingerprint density at radius 3 is 2.94 bits per heavy atom. The van der Waals surface area contributed by atoms with Crippen molar-refractivity contribution in [2.45, 2.75) is 19.8 Å². The summed E-state index contributed by atoms with van der Waals surface area (Å²) < 4.78 is 5.10. The Kier molecular flexibility index (Phi) is 6.67. The summed E-state index contributed by atoms with van der Waals surface area (Å²) in [5.41, 5.74) is 5.34. The Hall–Kier alpha value is -1.14. The maximum absolute atomic E-state index is 11.8. The lowest BCUT2D eigenvalue weighted by Gasteiger charge is -2.32. The van der Waals surface area contributed by atoms with Crippen molar-refractivity contribution in [1.82, 2.24) is 10.2 Å². The molecule has 0 aliphatic carbocycles. The van der Waals surface area contributed by atoms with Crippen LogP contribution in [-0.4, -0.2) is 56.1 Å². The first kappa shape index (κ1) is 14.9. The topological polar surface area (TPSA) is 84.7 Å². The van der Waals surface area contributed by atoms with Crippen LogP contribution in [0.3, 0.4) is 0 Å². The van der Waals surface area contributed by atoms with Crippen LogP contribution in [0.5, 0.6) is 0 Å². The second-order valence-corrected chi connectivity index (χ2v) is 4.40. The molecule has 6 heteroatoms. The monoisotopic (exact) mass is 257 g/mol. The molecule has 1 aliphatic heterocycles. The lowest BCUT2D eigenvalue weighted by atomic mass is 9.97. The van der Waals surface area contributed by atoms with E-state index in [0.717, 1.165) is 12.8 Å². The van der Waals surface area contributed by atoms with Crippen LogP contribution in [0.15, 0.2) is 0 Å². The lowest BCUT2D eigenvalue weighted by Crippen LogP contribution is -2.47. The predicted molar refractivity (Wildman–Crippen MR) is 67.9 cm³/mol. The number of nitrogens with zero attached hydrogens (tertiary/aromatic N) is 1. The van der Waals surface area contributed by atoms with E-state index < -0.39 is 0 Å². The summed E-state index contributed by atoms with van der Waals surface area (Å²) in [5.74, 6) is -0.154. The fourth-order valence-corrected chi connectivity index (χ4v) is 2.04. The summed E-state index contributed by atoms with van der Waals surface area (Å²) in [7, 11) is 0. The maximum Gasteiger partial charge on any atom is 0.248 e. The number of likely N-dealkylation sites (tertiary alicyclic amines) is 1. The summed E-state index contributed by atoms with van der Waals surface area (Å²) in [6, 6.07) is 0. The van der Waals surface area contributed by atoms with Crippen LogP contribution < -0.4 is 11.1 Å². The van der Waals surface area contributed by atoms with Gasteiger partial charge in [0.2, 0.25) is 11.8 Å². The third kappa shape index (κ3) is 4.62. The van der Waals surface area contributed by atoms with Gasteiger partial charge in [-0.1, -0.05) is 0 Å². The quantitative estimate of drug-likeness (QED) is 0.661. The van der Waals surface area contributed by atoms with Crippen molar-refractivity contribution >= 4 is 11.8 Å². The Morgan fingerprint density at radius 1 is 1.50 bits per heavy atom. The number of hydrogen-bond donors (Lipinski definition) is 2. The summed E-state index contributed by atoms with van der Waals surface area (Å²) in [4.78, 5) is 25.3. The highest BCUT2D eigenvalue weighted by Gasteiger charge is 2.27. The number of piperidine rings is 1. The molecule has 1 aliphatic rings. The van der Waals surface area contributed by atoms with Crippen molar-refractivity contribution in [3.63, 3.8) is 0 Å². The van der Waals surface area contributed by atoms with E-state index in [0.29, 0.717) is 32.8 Å². The SMILES string of the molecule is CCOCC(=O)N1CCCC(C(=O)NCCN)C1. The minimum absolute atomic E-state index is 0.00522. The predicted octanol–water partition coefficient (Wildman–Crippen LogP) is -0.664. The molecule has 1 atom stereocenters. The van der Waals surface area contributed by atoms with Crippen LogP contribution in [-0.2, 0) is 14.3 Å². The first-order valence-electron chi connectivity index (χ1n) is 6.52. The van der Waals surface area contributed by atoms with Gasteiger partial charge in [-0.05, 0) is 19.8 Å². The third-order valence-corrected chi connectivity index (χ3v) is 3.02. The molecule has 1 saturated heterocycles. The minimum Gasteiger partial charge on any atom is -0.372 e. The number of carbonyl (C=O) groups excluding carboxylic acids is 2. The molecule has 3 N–H and O–H groups in total. The highest BCUT2D eigenvalue weighted by molar-refractivity contribution is 5.81. The van der Waals surface area contributed by atoms with Crippen molar-refractivity contribution in [1.29, 1.82) is 0 Å². The first-order chi connectivity index (χ1) is 8.69. The smallest absolute Gasteiger partial charge is 0.248 e. The summed E-state index contributed by atoms with van der Waals surface area (Å²) >= 11 is 0. The molecule has 0 saturated carbocycles. The van der Waals surface area contributed by atoms with Gasteiger partial charge in [-0.3, -0.25) is 9.59 Å². The van der Waals surface area contributed by atoms with E-state index >= 15 is 0 Å². The molecule has 0 radical (unpaired) electrons. The van der Waals surface area contributed by atoms with E-state index in [2.05, 4.69) is 5.32 Å². The van der Waals surface area contributed by atoms with Gasteiger partial charge in [0.1, 0.15) is 6.61 Å². The largest absolute Gasteiger partial charge is 0.372 e. The second-order valence-electron chi connectivity index (χ2n) is 4.40. The van der Waals surface area contributed by atoms with Gasteiger partial charge in [-0.25, -0.2) is 0 Å². The zero-order chi connectivity index (χ0) is 13.4. The van der Waals surface area contributed by atoms with Gasteiger partial charge in [0.25, 0.3) is 0 Å². The Balaban J connectivity index is 2.40. The first-order valence-corrected chi connectivity index (χ1v) is 6.52. The molecular formula is C12H23N3O3. The molecule has 104 valence electrons. The molecule has 0 aromatic heterocycles.